The molecule has 0 saturated carbocycles. The number of anilines is 1. The van der Waals surface area contributed by atoms with Crippen LogP contribution in [0.5, 0.6) is 0 Å². The minimum absolute atomic E-state index is 0.459. The molecule has 1 aliphatic heterocycles. The largest absolute Gasteiger partial charge is 0.472 e. The molecule has 0 fully saturated rings. The smallest absolute Gasteiger partial charge is 0.236 e. The van der Waals surface area contributed by atoms with Crippen molar-refractivity contribution in [1.82, 2.24) is 10.4 Å². The maximum absolute atomic E-state index is 6.11. The zero-order chi connectivity index (χ0) is 20.4. The van der Waals surface area contributed by atoms with Gasteiger partial charge in [-0.15, -0.1) is 5.11 Å². The lowest BCUT2D eigenvalue weighted by atomic mass is 10.1. The Hall–Kier alpha value is -3.64. The van der Waals surface area contributed by atoms with E-state index in [1.807, 2.05) is 71.7 Å². The molecule has 30 heavy (non-hydrogen) atoms. The Bertz CT molecular complexity index is 961. The van der Waals surface area contributed by atoms with Crippen LogP contribution >= 0.6 is 0 Å². The van der Waals surface area contributed by atoms with E-state index in [9.17, 15) is 0 Å². The van der Waals surface area contributed by atoms with Gasteiger partial charge in [-0.25, -0.2) is 5.01 Å². The van der Waals surface area contributed by atoms with E-state index in [1.165, 1.54) is 5.56 Å². The summed E-state index contributed by atoms with van der Waals surface area (Å²) >= 11 is 0. The first-order chi connectivity index (χ1) is 14.9. The maximum atomic E-state index is 6.11. The van der Waals surface area contributed by atoms with E-state index >= 15 is 0 Å². The van der Waals surface area contributed by atoms with Crippen LogP contribution in [0.15, 0.2) is 113 Å². The first kappa shape index (κ1) is 19.7. The van der Waals surface area contributed by atoms with Crippen molar-refractivity contribution in [2.75, 3.05) is 18.2 Å². The van der Waals surface area contributed by atoms with Crippen molar-refractivity contribution in [3.05, 3.63) is 114 Å². The molecule has 0 saturated heterocycles. The molecule has 0 aliphatic carbocycles. The van der Waals surface area contributed by atoms with Gasteiger partial charge in [0.25, 0.3) is 0 Å². The molecule has 0 aromatic heterocycles. The number of nitrogens with one attached hydrogen (secondary N) is 1. The highest BCUT2D eigenvalue weighted by Gasteiger charge is 2.23. The molecule has 152 valence electrons. The summed E-state index contributed by atoms with van der Waals surface area (Å²) in [6.07, 6.45) is 2.60. The molecule has 0 radical (unpaired) electrons. The standard InChI is InChI=1S/C24H25N5O/c1-4-10-21(11-5-1)16-17-25-20-28-27-26-18-24(29(28)23-14-8-3-9-15-23)30-19-22-12-6-2-7-13-22/h1-15,18,25H,16-17,19-20H2. The van der Waals surface area contributed by atoms with Crippen LogP contribution in [-0.2, 0) is 17.8 Å². The van der Waals surface area contributed by atoms with E-state index in [0.29, 0.717) is 19.2 Å². The molecule has 6 nitrogen and oxygen atoms in total. The van der Waals surface area contributed by atoms with E-state index in [4.69, 9.17) is 4.74 Å². The van der Waals surface area contributed by atoms with Gasteiger partial charge >= 0.3 is 0 Å². The van der Waals surface area contributed by atoms with Crippen LogP contribution in [0.4, 0.5) is 5.69 Å². The second kappa shape index (κ2) is 10.2. The Morgan fingerprint density at radius 1 is 0.767 bits per heavy atom. The summed E-state index contributed by atoms with van der Waals surface area (Å²) in [5.41, 5.74) is 3.36. The number of rotatable bonds is 9. The van der Waals surface area contributed by atoms with Crippen LogP contribution in [0.3, 0.4) is 0 Å². The Kier molecular flexibility index (Phi) is 6.70. The van der Waals surface area contributed by atoms with Gasteiger partial charge in [0, 0.05) is 6.54 Å². The number of hydrogen-bond acceptors (Lipinski definition) is 6. The van der Waals surface area contributed by atoms with Crippen molar-refractivity contribution in [2.45, 2.75) is 13.0 Å². The fraction of sp³-hybridized carbons (Fsp3) is 0.167. The molecular formula is C24H25N5O. The van der Waals surface area contributed by atoms with E-state index in [0.717, 1.165) is 24.2 Å². The normalized spacial score (nSPS) is 13.3. The molecule has 0 atom stereocenters. The third-order valence-electron chi connectivity index (χ3n) is 4.68. The summed E-state index contributed by atoms with van der Waals surface area (Å²) in [6, 6.07) is 30.6. The van der Waals surface area contributed by atoms with Crippen molar-refractivity contribution >= 4 is 5.69 Å². The van der Waals surface area contributed by atoms with E-state index in [1.54, 1.807) is 11.3 Å². The van der Waals surface area contributed by atoms with Crippen LogP contribution in [0.2, 0.25) is 0 Å². The highest BCUT2D eigenvalue weighted by Crippen LogP contribution is 2.25. The van der Waals surface area contributed by atoms with Gasteiger partial charge < -0.3 is 4.74 Å². The quantitative estimate of drug-likeness (QED) is 0.520. The third-order valence-corrected chi connectivity index (χ3v) is 4.68. The SMILES string of the molecule is C1=C(OCc2ccccc2)N(c2ccccc2)N(CNCCc2ccccc2)N=N1. The lowest BCUT2D eigenvalue weighted by molar-refractivity contribution is 0.126. The molecule has 1 N–H and O–H groups in total. The van der Waals surface area contributed by atoms with Crippen molar-refractivity contribution in [2.24, 2.45) is 10.3 Å². The molecule has 0 amide bonds. The molecule has 1 aliphatic rings. The first-order valence-electron chi connectivity index (χ1n) is 10.0. The first-order valence-corrected chi connectivity index (χ1v) is 10.0. The molecule has 3 aromatic carbocycles. The Labute approximate surface area is 177 Å². The molecule has 0 unspecified atom stereocenters. The second-order valence-corrected chi connectivity index (χ2v) is 6.86. The molecule has 4 rings (SSSR count). The summed E-state index contributed by atoms with van der Waals surface area (Å²) in [4.78, 5) is 0. The molecular weight excluding hydrogens is 374 g/mol. The Morgan fingerprint density at radius 3 is 2.10 bits per heavy atom. The van der Waals surface area contributed by atoms with Crippen molar-refractivity contribution in [3.63, 3.8) is 0 Å². The van der Waals surface area contributed by atoms with Crippen LogP contribution in [-0.4, -0.2) is 18.3 Å². The van der Waals surface area contributed by atoms with Gasteiger partial charge in [0.2, 0.25) is 5.88 Å². The predicted molar refractivity (Wildman–Crippen MR) is 118 cm³/mol. The molecule has 0 spiro atoms. The van der Waals surface area contributed by atoms with E-state index in [2.05, 4.69) is 39.9 Å². The number of nitrogens with zero attached hydrogens (tertiary/aromatic N) is 4. The fourth-order valence-electron chi connectivity index (χ4n) is 3.16. The summed E-state index contributed by atoms with van der Waals surface area (Å²) in [5, 5.41) is 15.6. The van der Waals surface area contributed by atoms with E-state index in [-0.39, 0.29) is 0 Å². The second-order valence-electron chi connectivity index (χ2n) is 6.86. The fourth-order valence-corrected chi connectivity index (χ4v) is 3.16. The average molecular weight is 399 g/mol. The number of hydrogen-bond donors (Lipinski definition) is 1. The van der Waals surface area contributed by atoms with Crippen molar-refractivity contribution in [1.29, 1.82) is 0 Å². The minimum atomic E-state index is 0.459. The zero-order valence-electron chi connectivity index (χ0n) is 16.8. The lowest BCUT2D eigenvalue weighted by Gasteiger charge is -2.35. The number of benzene rings is 3. The van der Waals surface area contributed by atoms with Gasteiger partial charge in [-0.1, -0.05) is 78.9 Å². The van der Waals surface area contributed by atoms with Crippen LogP contribution in [0.25, 0.3) is 0 Å². The number of ether oxygens (including phenoxy) is 1. The maximum Gasteiger partial charge on any atom is 0.236 e. The number of hydrazine groups is 1. The summed E-state index contributed by atoms with van der Waals surface area (Å²) < 4.78 is 6.11. The van der Waals surface area contributed by atoms with Crippen LogP contribution < -0.4 is 10.3 Å². The monoisotopic (exact) mass is 399 g/mol. The van der Waals surface area contributed by atoms with Gasteiger partial charge in [0.1, 0.15) is 19.5 Å². The van der Waals surface area contributed by atoms with Crippen molar-refractivity contribution < 1.29 is 4.74 Å². The van der Waals surface area contributed by atoms with Gasteiger partial charge in [0.15, 0.2) is 0 Å². The summed E-state index contributed by atoms with van der Waals surface area (Å²) in [6.45, 7) is 1.81. The summed E-state index contributed by atoms with van der Waals surface area (Å²) in [7, 11) is 0. The molecule has 1 heterocycles. The summed E-state index contributed by atoms with van der Waals surface area (Å²) in [5.74, 6) is 0.630. The van der Waals surface area contributed by atoms with E-state index < -0.39 is 0 Å². The third kappa shape index (κ3) is 5.24. The van der Waals surface area contributed by atoms with Crippen LogP contribution in [0, 0.1) is 0 Å². The van der Waals surface area contributed by atoms with Gasteiger partial charge in [-0.05, 0) is 34.9 Å². The van der Waals surface area contributed by atoms with Crippen molar-refractivity contribution in [3.8, 4) is 0 Å². The van der Waals surface area contributed by atoms with Crippen LogP contribution in [0.1, 0.15) is 11.1 Å². The zero-order valence-corrected chi connectivity index (χ0v) is 16.8. The van der Waals surface area contributed by atoms with Gasteiger partial charge in [0.05, 0.1) is 5.69 Å². The Balaban J connectivity index is 1.41. The molecule has 3 aromatic rings. The molecule has 6 heteroatoms. The highest BCUT2D eigenvalue weighted by atomic mass is 16.5. The number of para-hydroxylation sites is 1. The Morgan fingerprint density at radius 2 is 1.40 bits per heavy atom. The predicted octanol–water partition coefficient (Wildman–Crippen LogP) is 4.90. The topological polar surface area (TPSA) is 52.5 Å². The molecule has 0 bridgehead atoms. The van der Waals surface area contributed by atoms with Gasteiger partial charge in [-0.2, -0.15) is 5.12 Å². The minimum Gasteiger partial charge on any atom is -0.472 e. The lowest BCUT2D eigenvalue weighted by Crippen LogP contribution is -2.45. The highest BCUT2D eigenvalue weighted by molar-refractivity contribution is 5.49. The van der Waals surface area contributed by atoms with Gasteiger partial charge in [-0.3, -0.25) is 5.32 Å². The average Bonchev–Trinajstić information content (AvgIpc) is 2.82.